The van der Waals surface area contributed by atoms with Crippen LogP contribution in [-0.4, -0.2) is 33.5 Å². The number of carbonyl (C=O) groups excluding carboxylic acids is 2. The average Bonchev–Trinajstić information content (AvgIpc) is 2.75. The van der Waals surface area contributed by atoms with Gasteiger partial charge in [0.1, 0.15) is 5.78 Å². The number of ketones is 2. The Hall–Kier alpha value is -1.00. The Morgan fingerprint density at radius 3 is 2.70 bits per heavy atom. The van der Waals surface area contributed by atoms with E-state index in [2.05, 4.69) is 0 Å². The number of carbonyl (C=O) groups is 2. The third kappa shape index (κ3) is 1.79. The van der Waals surface area contributed by atoms with Gasteiger partial charge >= 0.3 is 0 Å². The summed E-state index contributed by atoms with van der Waals surface area (Å²) in [6.07, 6.45) is 6.36. The van der Waals surface area contributed by atoms with E-state index < -0.39 is 22.5 Å². The Balaban J connectivity index is 1.79. The van der Waals surface area contributed by atoms with Gasteiger partial charge in [0.15, 0.2) is 5.78 Å². The molecule has 0 saturated heterocycles. The van der Waals surface area contributed by atoms with E-state index in [4.69, 9.17) is 0 Å². The zero-order valence-corrected chi connectivity index (χ0v) is 13.9. The highest BCUT2D eigenvalue weighted by Gasteiger charge is 2.66. The SMILES string of the molecule is C[C@]12CC(O)[C@H]3[C@@H](CCC4(O)CC(=O)C=C[C@]34C)[C@@H]1CCC2=O. The number of aliphatic hydroxyl groups is 2. The first-order chi connectivity index (χ1) is 10.7. The lowest BCUT2D eigenvalue weighted by Crippen LogP contribution is -2.64. The minimum absolute atomic E-state index is 0.0328. The zero-order chi connectivity index (χ0) is 16.6. The zero-order valence-electron chi connectivity index (χ0n) is 13.9. The third-order valence-corrected chi connectivity index (χ3v) is 7.83. The van der Waals surface area contributed by atoms with Crippen molar-refractivity contribution in [3.05, 3.63) is 12.2 Å². The van der Waals surface area contributed by atoms with E-state index in [0.717, 1.165) is 12.8 Å². The van der Waals surface area contributed by atoms with Gasteiger partial charge in [-0.25, -0.2) is 0 Å². The molecule has 0 amide bonds. The third-order valence-electron chi connectivity index (χ3n) is 7.83. The Kier molecular flexibility index (Phi) is 3.07. The van der Waals surface area contributed by atoms with Crippen molar-refractivity contribution in [3.8, 4) is 0 Å². The minimum Gasteiger partial charge on any atom is -0.393 e. The van der Waals surface area contributed by atoms with Crippen LogP contribution >= 0.6 is 0 Å². The lowest BCUT2D eigenvalue weighted by atomic mass is 9.44. The van der Waals surface area contributed by atoms with Gasteiger partial charge in [-0.1, -0.05) is 19.9 Å². The van der Waals surface area contributed by atoms with Crippen molar-refractivity contribution in [2.45, 2.75) is 64.1 Å². The molecule has 0 aromatic heterocycles. The molecule has 0 aliphatic heterocycles. The molecular weight excluding hydrogens is 292 g/mol. The molecule has 2 unspecified atom stereocenters. The van der Waals surface area contributed by atoms with Crippen LogP contribution in [0.4, 0.5) is 0 Å². The highest BCUT2D eigenvalue weighted by atomic mass is 16.3. The molecule has 0 spiro atoms. The maximum Gasteiger partial charge on any atom is 0.158 e. The summed E-state index contributed by atoms with van der Waals surface area (Å²) in [6.45, 7) is 4.02. The molecule has 2 N–H and O–H groups in total. The summed E-state index contributed by atoms with van der Waals surface area (Å²) in [6, 6.07) is 0. The van der Waals surface area contributed by atoms with E-state index in [1.165, 1.54) is 0 Å². The fourth-order valence-electron chi connectivity index (χ4n) is 6.51. The van der Waals surface area contributed by atoms with Crippen LogP contribution in [0.15, 0.2) is 12.2 Å². The number of hydrogen-bond acceptors (Lipinski definition) is 4. The Morgan fingerprint density at radius 1 is 1.22 bits per heavy atom. The van der Waals surface area contributed by atoms with E-state index in [1.54, 1.807) is 6.08 Å². The van der Waals surface area contributed by atoms with E-state index >= 15 is 0 Å². The fourth-order valence-corrected chi connectivity index (χ4v) is 6.51. The van der Waals surface area contributed by atoms with Crippen molar-refractivity contribution in [1.82, 2.24) is 0 Å². The molecule has 0 aromatic rings. The van der Waals surface area contributed by atoms with Crippen molar-refractivity contribution < 1.29 is 19.8 Å². The maximum absolute atomic E-state index is 12.4. The first-order valence-electron chi connectivity index (χ1n) is 8.87. The maximum atomic E-state index is 12.4. The predicted molar refractivity (Wildman–Crippen MR) is 84.5 cm³/mol. The highest BCUT2D eigenvalue weighted by Crippen LogP contribution is 2.65. The predicted octanol–water partition coefficient (Wildman–Crippen LogP) is 2.03. The van der Waals surface area contributed by atoms with Gasteiger partial charge in [0.2, 0.25) is 0 Å². The second-order valence-corrected chi connectivity index (χ2v) is 8.78. The number of Topliss-reactive ketones (excluding diaryl/α,β-unsaturated/α-hetero) is 1. The second kappa shape index (κ2) is 4.54. The van der Waals surface area contributed by atoms with E-state index in [-0.39, 0.29) is 24.0 Å². The van der Waals surface area contributed by atoms with Crippen LogP contribution in [0, 0.1) is 28.6 Å². The van der Waals surface area contributed by atoms with Crippen LogP contribution in [0.5, 0.6) is 0 Å². The van der Waals surface area contributed by atoms with Crippen molar-refractivity contribution in [2.24, 2.45) is 28.6 Å². The van der Waals surface area contributed by atoms with Crippen molar-refractivity contribution in [1.29, 1.82) is 0 Å². The Morgan fingerprint density at radius 2 is 1.96 bits per heavy atom. The van der Waals surface area contributed by atoms with Crippen LogP contribution < -0.4 is 0 Å². The van der Waals surface area contributed by atoms with Crippen LogP contribution in [0.1, 0.15) is 52.4 Å². The molecule has 4 aliphatic carbocycles. The number of aliphatic hydroxyl groups excluding tert-OH is 1. The van der Waals surface area contributed by atoms with Crippen LogP contribution in [0.2, 0.25) is 0 Å². The van der Waals surface area contributed by atoms with Gasteiger partial charge in [-0.15, -0.1) is 0 Å². The normalized spacial score (nSPS) is 55.3. The molecule has 7 atom stereocenters. The van der Waals surface area contributed by atoms with E-state index in [1.807, 2.05) is 19.9 Å². The molecule has 4 nitrogen and oxygen atoms in total. The first-order valence-corrected chi connectivity index (χ1v) is 8.87. The monoisotopic (exact) mass is 318 g/mol. The molecule has 3 saturated carbocycles. The molecule has 0 radical (unpaired) electrons. The first kappa shape index (κ1) is 15.5. The summed E-state index contributed by atoms with van der Waals surface area (Å²) >= 11 is 0. The summed E-state index contributed by atoms with van der Waals surface area (Å²) < 4.78 is 0. The summed E-state index contributed by atoms with van der Waals surface area (Å²) in [7, 11) is 0. The molecule has 0 bridgehead atoms. The molecule has 4 rings (SSSR count). The lowest BCUT2D eigenvalue weighted by Gasteiger charge is -2.62. The summed E-state index contributed by atoms with van der Waals surface area (Å²) in [4.78, 5) is 24.2. The van der Waals surface area contributed by atoms with Crippen LogP contribution in [0.3, 0.4) is 0 Å². The van der Waals surface area contributed by atoms with Crippen molar-refractivity contribution in [2.75, 3.05) is 0 Å². The summed E-state index contributed by atoms with van der Waals surface area (Å²) in [5.41, 5.74) is -2.05. The number of rotatable bonds is 0. The van der Waals surface area contributed by atoms with Gasteiger partial charge in [-0.2, -0.15) is 0 Å². The molecule has 4 aliphatic rings. The molecule has 3 fully saturated rings. The van der Waals surface area contributed by atoms with Gasteiger partial charge in [-0.05, 0) is 49.5 Å². The highest BCUT2D eigenvalue weighted by molar-refractivity contribution is 5.92. The minimum atomic E-state index is -1.06. The molecule has 4 heteroatoms. The number of allylic oxidation sites excluding steroid dienone is 1. The Bertz CT molecular complexity index is 610. The van der Waals surface area contributed by atoms with Gasteiger partial charge in [0.25, 0.3) is 0 Å². The molecule has 23 heavy (non-hydrogen) atoms. The van der Waals surface area contributed by atoms with Crippen molar-refractivity contribution >= 4 is 11.6 Å². The largest absolute Gasteiger partial charge is 0.393 e. The molecular formula is C19H26O4. The average molecular weight is 318 g/mol. The smallest absolute Gasteiger partial charge is 0.158 e. The summed E-state index contributed by atoms with van der Waals surface area (Å²) in [5.74, 6) is 0.735. The standard InChI is InChI=1S/C19H26O4/c1-17-10-14(21)16-12(13(17)3-4-15(17)22)6-8-19(23)9-11(20)5-7-18(16,19)2/h5,7,12-14,16,21,23H,3-4,6,8-10H2,1-2H3/t12-,13-,14?,16+,17-,18+,19?/m0/s1. The molecule has 0 aromatic carbocycles. The topological polar surface area (TPSA) is 74.6 Å². The van der Waals surface area contributed by atoms with E-state index in [9.17, 15) is 19.8 Å². The van der Waals surface area contributed by atoms with Gasteiger partial charge in [0.05, 0.1) is 11.7 Å². The number of hydrogen-bond donors (Lipinski definition) is 2. The van der Waals surface area contributed by atoms with Gasteiger partial charge in [0, 0.05) is 23.7 Å². The fraction of sp³-hybridized carbons (Fsp3) is 0.789. The van der Waals surface area contributed by atoms with Crippen LogP contribution in [0.25, 0.3) is 0 Å². The number of fused-ring (bicyclic) bond motifs is 5. The second-order valence-electron chi connectivity index (χ2n) is 8.78. The van der Waals surface area contributed by atoms with Crippen LogP contribution in [-0.2, 0) is 9.59 Å². The van der Waals surface area contributed by atoms with Gasteiger partial charge in [-0.3, -0.25) is 9.59 Å². The molecule has 0 heterocycles. The quantitative estimate of drug-likeness (QED) is 0.717. The molecule has 126 valence electrons. The van der Waals surface area contributed by atoms with Gasteiger partial charge < -0.3 is 10.2 Å². The van der Waals surface area contributed by atoms with E-state index in [0.29, 0.717) is 31.0 Å². The Labute approximate surface area is 137 Å². The summed E-state index contributed by atoms with van der Waals surface area (Å²) in [5, 5.41) is 22.1. The lowest BCUT2D eigenvalue weighted by molar-refractivity contribution is -0.201. The van der Waals surface area contributed by atoms with Crippen molar-refractivity contribution in [3.63, 3.8) is 0 Å².